The Balaban J connectivity index is 1.82. The van der Waals surface area contributed by atoms with Crippen LogP contribution < -0.4 is 4.74 Å². The first-order valence-corrected chi connectivity index (χ1v) is 9.57. The largest absolute Gasteiger partial charge is 0.497 e. The second-order valence-electron chi connectivity index (χ2n) is 7.16. The standard InChI is InChI=1S/C22H28N2O3/c1-3-27-21(25)22(15-18-8-6-10-20(14-18)26-2)11-7-13-24(17-22)16-19-9-4-5-12-23-19/h4-6,8-10,12,14H,3,7,11,13,15-17H2,1-2H3/t22-/m1/s1. The van der Waals surface area contributed by atoms with Gasteiger partial charge in [0.2, 0.25) is 0 Å². The molecular formula is C22H28N2O3. The first-order valence-electron chi connectivity index (χ1n) is 9.57. The molecule has 144 valence electrons. The van der Waals surface area contributed by atoms with Crippen molar-refractivity contribution in [2.75, 3.05) is 26.8 Å². The van der Waals surface area contributed by atoms with Gasteiger partial charge in [0.15, 0.2) is 0 Å². The average Bonchev–Trinajstić information content (AvgIpc) is 2.69. The Bertz CT molecular complexity index is 750. The molecule has 0 aliphatic carbocycles. The Morgan fingerprint density at radius 1 is 1.26 bits per heavy atom. The predicted molar refractivity (Wildman–Crippen MR) is 105 cm³/mol. The van der Waals surface area contributed by atoms with Gasteiger partial charge in [0, 0.05) is 19.3 Å². The summed E-state index contributed by atoms with van der Waals surface area (Å²) in [5.41, 5.74) is 1.59. The summed E-state index contributed by atoms with van der Waals surface area (Å²) in [6.07, 6.45) is 4.27. The van der Waals surface area contributed by atoms with Gasteiger partial charge in [0.05, 0.1) is 24.8 Å². The van der Waals surface area contributed by atoms with E-state index in [2.05, 4.69) is 16.0 Å². The molecule has 2 heterocycles. The van der Waals surface area contributed by atoms with E-state index in [0.29, 0.717) is 19.6 Å². The van der Waals surface area contributed by atoms with E-state index in [-0.39, 0.29) is 5.97 Å². The van der Waals surface area contributed by atoms with Crippen LogP contribution in [0.2, 0.25) is 0 Å². The van der Waals surface area contributed by atoms with Gasteiger partial charge in [-0.2, -0.15) is 0 Å². The molecule has 1 fully saturated rings. The molecule has 1 aromatic heterocycles. The van der Waals surface area contributed by atoms with E-state index >= 15 is 0 Å². The molecule has 0 saturated carbocycles. The lowest BCUT2D eigenvalue weighted by Gasteiger charge is -2.41. The van der Waals surface area contributed by atoms with Crippen molar-refractivity contribution in [3.05, 3.63) is 59.9 Å². The summed E-state index contributed by atoms with van der Waals surface area (Å²) >= 11 is 0. The summed E-state index contributed by atoms with van der Waals surface area (Å²) in [5.74, 6) is 0.714. The third kappa shape index (κ3) is 4.86. The number of hydrogen-bond acceptors (Lipinski definition) is 5. The fourth-order valence-corrected chi connectivity index (χ4v) is 3.92. The number of methoxy groups -OCH3 is 1. The maximum absolute atomic E-state index is 13.0. The van der Waals surface area contributed by atoms with Crippen LogP contribution in [0.1, 0.15) is 31.0 Å². The van der Waals surface area contributed by atoms with Gasteiger partial charge in [-0.3, -0.25) is 14.7 Å². The van der Waals surface area contributed by atoms with E-state index < -0.39 is 5.41 Å². The van der Waals surface area contributed by atoms with E-state index in [1.54, 1.807) is 7.11 Å². The normalized spacial score (nSPS) is 20.2. The van der Waals surface area contributed by atoms with Crippen LogP contribution in [0.5, 0.6) is 5.75 Å². The van der Waals surface area contributed by atoms with Gasteiger partial charge >= 0.3 is 5.97 Å². The molecule has 1 aliphatic heterocycles. The molecule has 0 radical (unpaired) electrons. The van der Waals surface area contributed by atoms with Gasteiger partial charge in [0.25, 0.3) is 0 Å². The van der Waals surface area contributed by atoms with Crippen molar-refractivity contribution in [3.63, 3.8) is 0 Å². The Hall–Kier alpha value is -2.40. The quantitative estimate of drug-likeness (QED) is 0.701. The predicted octanol–water partition coefficient (Wildman–Crippen LogP) is 3.48. The highest BCUT2D eigenvalue weighted by Gasteiger charge is 2.43. The molecule has 0 amide bonds. The summed E-state index contributed by atoms with van der Waals surface area (Å²) < 4.78 is 10.8. The zero-order valence-corrected chi connectivity index (χ0v) is 16.2. The number of carbonyl (C=O) groups excluding carboxylic acids is 1. The Morgan fingerprint density at radius 3 is 2.89 bits per heavy atom. The Labute approximate surface area is 161 Å². The van der Waals surface area contributed by atoms with Crippen molar-refractivity contribution in [2.24, 2.45) is 5.41 Å². The van der Waals surface area contributed by atoms with Crippen molar-refractivity contribution in [2.45, 2.75) is 32.7 Å². The third-order valence-electron chi connectivity index (χ3n) is 5.15. The number of piperidine rings is 1. The summed E-state index contributed by atoms with van der Waals surface area (Å²) in [7, 11) is 1.66. The summed E-state index contributed by atoms with van der Waals surface area (Å²) in [4.78, 5) is 19.7. The molecule has 5 nitrogen and oxygen atoms in total. The van der Waals surface area contributed by atoms with E-state index in [0.717, 1.165) is 42.9 Å². The van der Waals surface area contributed by atoms with E-state index in [4.69, 9.17) is 9.47 Å². The first kappa shape index (κ1) is 19.4. The number of ether oxygens (including phenoxy) is 2. The van der Waals surface area contributed by atoms with Gasteiger partial charge in [0.1, 0.15) is 5.75 Å². The van der Waals surface area contributed by atoms with Gasteiger partial charge in [-0.1, -0.05) is 18.2 Å². The van der Waals surface area contributed by atoms with Crippen LogP contribution in [0.15, 0.2) is 48.7 Å². The number of hydrogen-bond donors (Lipinski definition) is 0. The number of carbonyl (C=O) groups is 1. The Kier molecular flexibility index (Phi) is 6.45. The lowest BCUT2D eigenvalue weighted by atomic mass is 9.75. The summed E-state index contributed by atoms with van der Waals surface area (Å²) in [6.45, 7) is 4.67. The van der Waals surface area contributed by atoms with Crippen LogP contribution in [-0.2, 0) is 22.5 Å². The van der Waals surface area contributed by atoms with Gasteiger partial charge in [-0.15, -0.1) is 0 Å². The van der Waals surface area contributed by atoms with Crippen molar-refractivity contribution in [1.29, 1.82) is 0 Å². The van der Waals surface area contributed by atoms with Crippen LogP contribution in [0, 0.1) is 5.41 Å². The molecule has 27 heavy (non-hydrogen) atoms. The zero-order valence-electron chi connectivity index (χ0n) is 16.2. The van der Waals surface area contributed by atoms with Gasteiger partial charge < -0.3 is 9.47 Å². The van der Waals surface area contributed by atoms with Crippen LogP contribution in [0.3, 0.4) is 0 Å². The topological polar surface area (TPSA) is 51.7 Å². The van der Waals surface area contributed by atoms with Gasteiger partial charge in [-0.05, 0) is 62.6 Å². The molecule has 2 aromatic rings. The number of nitrogens with zero attached hydrogens (tertiary/aromatic N) is 2. The molecule has 0 N–H and O–H groups in total. The van der Waals surface area contributed by atoms with Crippen LogP contribution in [-0.4, -0.2) is 42.7 Å². The lowest BCUT2D eigenvalue weighted by molar-refractivity contribution is -0.159. The summed E-state index contributed by atoms with van der Waals surface area (Å²) in [5, 5.41) is 0. The first-order chi connectivity index (χ1) is 13.1. The number of benzene rings is 1. The zero-order chi connectivity index (χ0) is 19.1. The fraction of sp³-hybridized carbons (Fsp3) is 0.455. The smallest absolute Gasteiger partial charge is 0.313 e. The second kappa shape index (κ2) is 9.00. The monoisotopic (exact) mass is 368 g/mol. The van der Waals surface area contributed by atoms with Crippen molar-refractivity contribution in [3.8, 4) is 5.75 Å². The molecule has 1 saturated heterocycles. The highest BCUT2D eigenvalue weighted by molar-refractivity contribution is 5.78. The van der Waals surface area contributed by atoms with E-state index in [9.17, 15) is 4.79 Å². The third-order valence-corrected chi connectivity index (χ3v) is 5.15. The number of rotatable bonds is 7. The Morgan fingerprint density at radius 2 is 2.15 bits per heavy atom. The average molecular weight is 368 g/mol. The number of aromatic nitrogens is 1. The number of pyridine rings is 1. The van der Waals surface area contributed by atoms with E-state index in [1.807, 2.05) is 49.5 Å². The maximum Gasteiger partial charge on any atom is 0.313 e. The van der Waals surface area contributed by atoms with Crippen molar-refractivity contribution >= 4 is 5.97 Å². The van der Waals surface area contributed by atoms with Gasteiger partial charge in [-0.25, -0.2) is 0 Å². The second-order valence-corrected chi connectivity index (χ2v) is 7.16. The molecule has 1 aromatic carbocycles. The molecule has 1 aliphatic rings. The summed E-state index contributed by atoms with van der Waals surface area (Å²) in [6, 6.07) is 13.9. The van der Waals surface area contributed by atoms with E-state index in [1.165, 1.54) is 0 Å². The molecule has 0 spiro atoms. The molecular weight excluding hydrogens is 340 g/mol. The SMILES string of the molecule is CCOC(=O)[C@@]1(Cc2cccc(OC)c2)CCCN(Cc2ccccn2)C1. The van der Waals surface area contributed by atoms with Crippen LogP contribution in [0.4, 0.5) is 0 Å². The maximum atomic E-state index is 13.0. The number of esters is 1. The highest BCUT2D eigenvalue weighted by Crippen LogP contribution is 2.36. The molecule has 0 unspecified atom stereocenters. The molecule has 5 heteroatoms. The highest BCUT2D eigenvalue weighted by atomic mass is 16.5. The lowest BCUT2D eigenvalue weighted by Crippen LogP contribution is -2.49. The molecule has 0 bridgehead atoms. The van der Waals surface area contributed by atoms with Crippen LogP contribution >= 0.6 is 0 Å². The molecule has 3 rings (SSSR count). The van der Waals surface area contributed by atoms with Crippen molar-refractivity contribution < 1.29 is 14.3 Å². The number of likely N-dealkylation sites (tertiary alicyclic amines) is 1. The van der Waals surface area contributed by atoms with Crippen LogP contribution in [0.25, 0.3) is 0 Å². The van der Waals surface area contributed by atoms with Crippen molar-refractivity contribution in [1.82, 2.24) is 9.88 Å². The minimum Gasteiger partial charge on any atom is -0.497 e. The molecule has 1 atom stereocenters. The minimum absolute atomic E-state index is 0.0986. The minimum atomic E-state index is -0.532. The fourth-order valence-electron chi connectivity index (χ4n) is 3.92.